The van der Waals surface area contributed by atoms with Gasteiger partial charge in [0.25, 0.3) is 0 Å². The zero-order valence-corrected chi connectivity index (χ0v) is 11.0. The Bertz CT molecular complexity index is 436. The number of nitrogens with one attached hydrogen (secondary N) is 1. The number of benzene rings is 2. The quantitative estimate of drug-likeness (QED) is 0.804. The molecule has 1 atom stereocenters. The second kappa shape index (κ2) is 6.97. The molecule has 0 amide bonds. The van der Waals surface area contributed by atoms with Gasteiger partial charge in [0.05, 0.1) is 0 Å². The topological polar surface area (TPSA) is 12.0 Å². The highest BCUT2D eigenvalue weighted by Gasteiger charge is 2.07. The highest BCUT2D eigenvalue weighted by Crippen LogP contribution is 2.18. The van der Waals surface area contributed by atoms with Crippen molar-refractivity contribution in [1.29, 1.82) is 0 Å². The SMILES string of the molecule is CNC(CCCc1ccccc1)c1ccccc1. The minimum atomic E-state index is 0.468. The number of aryl methyl sites for hydroxylation is 1. The number of hydrogen-bond acceptors (Lipinski definition) is 1. The Hall–Kier alpha value is -1.60. The van der Waals surface area contributed by atoms with Crippen molar-refractivity contribution in [3.8, 4) is 0 Å². The zero-order valence-electron chi connectivity index (χ0n) is 11.0. The van der Waals surface area contributed by atoms with E-state index in [1.54, 1.807) is 0 Å². The summed E-state index contributed by atoms with van der Waals surface area (Å²) in [6, 6.07) is 21.9. The van der Waals surface area contributed by atoms with Gasteiger partial charge < -0.3 is 5.32 Å². The van der Waals surface area contributed by atoms with Gasteiger partial charge in [-0.1, -0.05) is 60.7 Å². The summed E-state index contributed by atoms with van der Waals surface area (Å²) in [4.78, 5) is 0. The van der Waals surface area contributed by atoms with Crippen LogP contribution in [0.4, 0.5) is 0 Å². The van der Waals surface area contributed by atoms with E-state index in [1.165, 1.54) is 24.0 Å². The van der Waals surface area contributed by atoms with Gasteiger partial charge in [-0.15, -0.1) is 0 Å². The van der Waals surface area contributed by atoms with E-state index < -0.39 is 0 Å². The van der Waals surface area contributed by atoms with Crippen LogP contribution in [0.3, 0.4) is 0 Å². The fourth-order valence-electron chi connectivity index (χ4n) is 2.32. The molecule has 1 nitrogen and oxygen atoms in total. The summed E-state index contributed by atoms with van der Waals surface area (Å²) < 4.78 is 0. The molecule has 94 valence electrons. The molecule has 0 aliphatic carbocycles. The summed E-state index contributed by atoms with van der Waals surface area (Å²) in [6.45, 7) is 0. The molecule has 0 bridgehead atoms. The molecule has 2 aromatic rings. The van der Waals surface area contributed by atoms with Gasteiger partial charge in [-0.05, 0) is 37.4 Å². The standard InChI is InChI=1S/C17H21N/c1-18-17(16-12-6-3-7-13-16)14-8-11-15-9-4-2-5-10-15/h2-7,9-10,12-13,17-18H,8,11,14H2,1H3. The van der Waals surface area contributed by atoms with Crippen LogP contribution >= 0.6 is 0 Å². The second-order valence-electron chi connectivity index (χ2n) is 4.63. The molecule has 1 N–H and O–H groups in total. The first kappa shape index (κ1) is 12.8. The summed E-state index contributed by atoms with van der Waals surface area (Å²) in [5, 5.41) is 3.40. The molecular formula is C17H21N. The Kier molecular flexibility index (Phi) is 4.98. The maximum atomic E-state index is 3.40. The van der Waals surface area contributed by atoms with Crippen LogP contribution in [-0.2, 0) is 6.42 Å². The first-order valence-electron chi connectivity index (χ1n) is 6.66. The highest BCUT2D eigenvalue weighted by molar-refractivity contribution is 5.19. The molecule has 0 aromatic heterocycles. The van der Waals surface area contributed by atoms with Crippen LogP contribution in [0.15, 0.2) is 60.7 Å². The normalized spacial score (nSPS) is 12.3. The Morgan fingerprint density at radius 1 is 0.889 bits per heavy atom. The van der Waals surface area contributed by atoms with Crippen molar-refractivity contribution in [3.63, 3.8) is 0 Å². The molecule has 18 heavy (non-hydrogen) atoms. The molecule has 0 aliphatic heterocycles. The molecule has 1 heteroatoms. The molecule has 0 fully saturated rings. The number of hydrogen-bond donors (Lipinski definition) is 1. The van der Waals surface area contributed by atoms with Crippen LogP contribution in [0.25, 0.3) is 0 Å². The van der Waals surface area contributed by atoms with E-state index in [1.807, 2.05) is 7.05 Å². The summed E-state index contributed by atoms with van der Waals surface area (Å²) in [6.07, 6.45) is 3.55. The fourth-order valence-corrected chi connectivity index (χ4v) is 2.32. The molecule has 0 radical (unpaired) electrons. The van der Waals surface area contributed by atoms with E-state index >= 15 is 0 Å². The van der Waals surface area contributed by atoms with Crippen molar-refractivity contribution in [1.82, 2.24) is 5.32 Å². The van der Waals surface area contributed by atoms with E-state index in [-0.39, 0.29) is 0 Å². The van der Waals surface area contributed by atoms with Gasteiger partial charge in [-0.2, -0.15) is 0 Å². The van der Waals surface area contributed by atoms with Crippen molar-refractivity contribution in [2.24, 2.45) is 0 Å². The zero-order chi connectivity index (χ0) is 12.6. The predicted octanol–water partition coefficient (Wildman–Crippen LogP) is 3.97. The van der Waals surface area contributed by atoms with Gasteiger partial charge >= 0.3 is 0 Å². The molecule has 0 heterocycles. The lowest BCUT2D eigenvalue weighted by atomic mass is 9.99. The molecular weight excluding hydrogens is 218 g/mol. The van der Waals surface area contributed by atoms with Gasteiger partial charge in [0, 0.05) is 6.04 Å². The fraction of sp³-hybridized carbons (Fsp3) is 0.294. The minimum Gasteiger partial charge on any atom is -0.313 e. The average molecular weight is 239 g/mol. The highest BCUT2D eigenvalue weighted by atomic mass is 14.9. The van der Waals surface area contributed by atoms with Crippen molar-refractivity contribution in [3.05, 3.63) is 71.8 Å². The lowest BCUT2D eigenvalue weighted by Gasteiger charge is -2.16. The van der Waals surface area contributed by atoms with Crippen LogP contribution in [0.5, 0.6) is 0 Å². The van der Waals surface area contributed by atoms with E-state index in [0.717, 1.165) is 6.42 Å². The van der Waals surface area contributed by atoms with Gasteiger partial charge in [-0.25, -0.2) is 0 Å². The van der Waals surface area contributed by atoms with Crippen LogP contribution in [0, 0.1) is 0 Å². The summed E-state index contributed by atoms with van der Waals surface area (Å²) in [7, 11) is 2.04. The van der Waals surface area contributed by atoms with Gasteiger partial charge in [0.1, 0.15) is 0 Å². The smallest absolute Gasteiger partial charge is 0.0317 e. The van der Waals surface area contributed by atoms with Crippen LogP contribution in [0.2, 0.25) is 0 Å². The average Bonchev–Trinajstić information content (AvgIpc) is 2.46. The Balaban J connectivity index is 1.85. The molecule has 1 unspecified atom stereocenters. The monoisotopic (exact) mass is 239 g/mol. The first-order chi connectivity index (χ1) is 8.90. The van der Waals surface area contributed by atoms with Crippen molar-refractivity contribution in [2.75, 3.05) is 7.05 Å². The Morgan fingerprint density at radius 2 is 1.50 bits per heavy atom. The third kappa shape index (κ3) is 3.71. The van der Waals surface area contributed by atoms with Crippen molar-refractivity contribution >= 4 is 0 Å². The lowest BCUT2D eigenvalue weighted by molar-refractivity contribution is 0.527. The van der Waals surface area contributed by atoms with E-state index in [0.29, 0.717) is 6.04 Å². The van der Waals surface area contributed by atoms with Gasteiger partial charge in [0.2, 0.25) is 0 Å². The van der Waals surface area contributed by atoms with E-state index in [4.69, 9.17) is 0 Å². The first-order valence-corrected chi connectivity index (χ1v) is 6.66. The molecule has 2 rings (SSSR count). The molecule has 0 aliphatic rings. The predicted molar refractivity (Wildman–Crippen MR) is 77.6 cm³/mol. The minimum absolute atomic E-state index is 0.468. The summed E-state index contributed by atoms with van der Waals surface area (Å²) in [5.74, 6) is 0. The van der Waals surface area contributed by atoms with Crippen LogP contribution in [-0.4, -0.2) is 7.05 Å². The number of rotatable bonds is 6. The molecule has 0 saturated heterocycles. The Morgan fingerprint density at radius 3 is 2.11 bits per heavy atom. The van der Waals surface area contributed by atoms with Crippen molar-refractivity contribution < 1.29 is 0 Å². The summed E-state index contributed by atoms with van der Waals surface area (Å²) in [5.41, 5.74) is 2.81. The van der Waals surface area contributed by atoms with Crippen molar-refractivity contribution in [2.45, 2.75) is 25.3 Å². The van der Waals surface area contributed by atoms with Crippen LogP contribution < -0.4 is 5.32 Å². The third-order valence-corrected chi connectivity index (χ3v) is 3.35. The van der Waals surface area contributed by atoms with Crippen LogP contribution in [0.1, 0.15) is 30.0 Å². The second-order valence-corrected chi connectivity index (χ2v) is 4.63. The molecule has 2 aromatic carbocycles. The van der Waals surface area contributed by atoms with Gasteiger partial charge in [0.15, 0.2) is 0 Å². The molecule has 0 spiro atoms. The summed E-state index contributed by atoms with van der Waals surface area (Å²) >= 11 is 0. The maximum absolute atomic E-state index is 3.40. The van der Waals surface area contributed by atoms with Gasteiger partial charge in [-0.3, -0.25) is 0 Å². The largest absolute Gasteiger partial charge is 0.313 e. The maximum Gasteiger partial charge on any atom is 0.0317 e. The van der Waals surface area contributed by atoms with E-state index in [2.05, 4.69) is 66.0 Å². The lowest BCUT2D eigenvalue weighted by Crippen LogP contribution is -2.16. The molecule has 0 saturated carbocycles. The third-order valence-electron chi connectivity index (χ3n) is 3.35. The Labute approximate surface area is 110 Å². The van der Waals surface area contributed by atoms with E-state index in [9.17, 15) is 0 Å².